The van der Waals surface area contributed by atoms with Crippen LogP contribution in [0.25, 0.3) is 0 Å². The third-order valence-corrected chi connectivity index (χ3v) is 5.17. The van der Waals surface area contributed by atoms with Gasteiger partial charge in [0, 0.05) is 36.5 Å². The molecule has 0 aliphatic carbocycles. The first-order valence-electron chi connectivity index (χ1n) is 8.64. The molecule has 0 bridgehead atoms. The minimum Gasteiger partial charge on any atom is -0.331 e. The molecular weight excluding hydrogens is 350 g/mol. The fraction of sp³-hybridized carbons (Fsp3) is 0.368. The van der Waals surface area contributed by atoms with Crippen LogP contribution in [-0.4, -0.2) is 40.1 Å². The molecule has 2 heterocycles. The van der Waals surface area contributed by atoms with Crippen molar-refractivity contribution in [3.8, 4) is 0 Å². The Morgan fingerprint density at radius 1 is 1.23 bits per heavy atom. The van der Waals surface area contributed by atoms with Crippen LogP contribution in [0.4, 0.5) is 5.13 Å². The van der Waals surface area contributed by atoms with E-state index in [1.165, 1.54) is 11.3 Å². The molecule has 1 N–H and O–H groups in total. The molecule has 1 aromatic heterocycles. The van der Waals surface area contributed by atoms with E-state index in [1.54, 1.807) is 28.6 Å². The molecule has 136 valence electrons. The number of nitrogens with one attached hydrogen (secondary N) is 1. The second kappa shape index (κ2) is 8.23. The number of thiazole rings is 1. The second-order valence-electron chi connectivity index (χ2n) is 6.36. The summed E-state index contributed by atoms with van der Waals surface area (Å²) in [6.07, 6.45) is 3.31. The molecule has 0 saturated carbocycles. The Balaban J connectivity index is 1.55. The minimum atomic E-state index is -0.485. The monoisotopic (exact) mass is 371 g/mol. The van der Waals surface area contributed by atoms with Crippen LogP contribution >= 0.6 is 11.3 Å². The van der Waals surface area contributed by atoms with Crippen molar-refractivity contribution in [1.82, 2.24) is 9.88 Å². The number of carbonyl (C=O) groups is 3. The van der Waals surface area contributed by atoms with Crippen molar-refractivity contribution in [1.29, 1.82) is 0 Å². The van der Waals surface area contributed by atoms with Crippen molar-refractivity contribution < 1.29 is 14.4 Å². The SMILES string of the molecule is Cc1ccc(C(=O)CCC(=O)N2CCC[C@@H]2C(=O)Nc2nccs2)cc1. The van der Waals surface area contributed by atoms with Gasteiger partial charge in [-0.05, 0) is 19.8 Å². The van der Waals surface area contributed by atoms with Crippen molar-refractivity contribution in [3.63, 3.8) is 0 Å². The number of Topliss-reactive ketones (excluding diaryl/α,β-unsaturated/α-hetero) is 1. The number of carbonyl (C=O) groups excluding carboxylic acids is 3. The lowest BCUT2D eigenvalue weighted by atomic mass is 10.0. The quantitative estimate of drug-likeness (QED) is 0.792. The molecule has 1 fully saturated rings. The molecule has 1 atom stereocenters. The Hall–Kier alpha value is -2.54. The Labute approximate surface area is 156 Å². The van der Waals surface area contributed by atoms with Gasteiger partial charge < -0.3 is 10.2 Å². The lowest BCUT2D eigenvalue weighted by Crippen LogP contribution is -2.43. The number of anilines is 1. The van der Waals surface area contributed by atoms with Crippen molar-refractivity contribution in [2.24, 2.45) is 0 Å². The zero-order chi connectivity index (χ0) is 18.5. The highest BCUT2D eigenvalue weighted by Crippen LogP contribution is 2.21. The summed E-state index contributed by atoms with van der Waals surface area (Å²) in [5.74, 6) is -0.417. The second-order valence-corrected chi connectivity index (χ2v) is 7.26. The highest BCUT2D eigenvalue weighted by Gasteiger charge is 2.34. The van der Waals surface area contributed by atoms with Crippen LogP contribution in [0.5, 0.6) is 0 Å². The van der Waals surface area contributed by atoms with Gasteiger partial charge in [0.1, 0.15) is 6.04 Å². The number of likely N-dealkylation sites (tertiary alicyclic amines) is 1. The topological polar surface area (TPSA) is 79.4 Å². The first kappa shape index (κ1) is 18.3. The number of rotatable bonds is 6. The maximum Gasteiger partial charge on any atom is 0.248 e. The smallest absolute Gasteiger partial charge is 0.248 e. The van der Waals surface area contributed by atoms with Crippen molar-refractivity contribution in [3.05, 3.63) is 47.0 Å². The van der Waals surface area contributed by atoms with Gasteiger partial charge in [0.25, 0.3) is 0 Å². The average molecular weight is 371 g/mol. The molecule has 0 unspecified atom stereocenters. The fourth-order valence-corrected chi connectivity index (χ4v) is 3.59. The van der Waals surface area contributed by atoms with Crippen LogP contribution in [0.1, 0.15) is 41.6 Å². The van der Waals surface area contributed by atoms with E-state index in [-0.39, 0.29) is 30.4 Å². The summed E-state index contributed by atoms with van der Waals surface area (Å²) >= 11 is 1.34. The number of hydrogen-bond acceptors (Lipinski definition) is 5. The van der Waals surface area contributed by atoms with Crippen LogP contribution in [0.2, 0.25) is 0 Å². The number of hydrogen-bond donors (Lipinski definition) is 1. The van der Waals surface area contributed by atoms with Crippen LogP contribution < -0.4 is 5.32 Å². The molecule has 26 heavy (non-hydrogen) atoms. The van der Waals surface area contributed by atoms with E-state index in [1.807, 2.05) is 19.1 Å². The number of nitrogens with zero attached hydrogens (tertiary/aromatic N) is 2. The van der Waals surface area contributed by atoms with E-state index >= 15 is 0 Å². The number of aromatic nitrogens is 1. The minimum absolute atomic E-state index is 0.0543. The summed E-state index contributed by atoms with van der Waals surface area (Å²) in [7, 11) is 0. The number of benzene rings is 1. The van der Waals surface area contributed by atoms with E-state index in [2.05, 4.69) is 10.3 Å². The van der Waals surface area contributed by atoms with E-state index in [0.717, 1.165) is 12.0 Å². The van der Waals surface area contributed by atoms with E-state index in [4.69, 9.17) is 0 Å². The molecular formula is C19H21N3O3S. The fourth-order valence-electron chi connectivity index (χ4n) is 3.06. The van der Waals surface area contributed by atoms with Gasteiger partial charge in [0.05, 0.1) is 0 Å². The summed E-state index contributed by atoms with van der Waals surface area (Å²) in [5, 5.41) is 5.07. The lowest BCUT2D eigenvalue weighted by Gasteiger charge is -2.23. The summed E-state index contributed by atoms with van der Waals surface area (Å²) < 4.78 is 0. The molecule has 1 aliphatic rings. The predicted molar refractivity (Wildman–Crippen MR) is 100 cm³/mol. The molecule has 2 amide bonds. The van der Waals surface area contributed by atoms with Gasteiger partial charge in [-0.2, -0.15) is 0 Å². The zero-order valence-electron chi connectivity index (χ0n) is 14.6. The first-order valence-corrected chi connectivity index (χ1v) is 9.52. The molecule has 3 rings (SSSR count). The van der Waals surface area contributed by atoms with Gasteiger partial charge in [-0.1, -0.05) is 29.8 Å². The molecule has 0 spiro atoms. The standard InChI is InChI=1S/C19H21N3O3S/c1-13-4-6-14(7-5-13)16(23)8-9-17(24)22-11-2-3-15(22)18(25)21-19-20-10-12-26-19/h4-7,10,12,15H,2-3,8-9,11H2,1H3,(H,20,21,25)/t15-/m1/s1. The maximum absolute atomic E-state index is 12.5. The number of aryl methyl sites for hydroxylation is 1. The third kappa shape index (κ3) is 4.35. The largest absolute Gasteiger partial charge is 0.331 e. The molecule has 0 radical (unpaired) electrons. The summed E-state index contributed by atoms with van der Waals surface area (Å²) in [6, 6.07) is 6.84. The number of amides is 2. The molecule has 1 aromatic carbocycles. The van der Waals surface area contributed by atoms with Crippen LogP contribution in [0, 0.1) is 6.92 Å². The zero-order valence-corrected chi connectivity index (χ0v) is 15.4. The maximum atomic E-state index is 12.5. The average Bonchev–Trinajstić information content (AvgIpc) is 3.31. The molecule has 7 heteroatoms. The summed E-state index contributed by atoms with van der Waals surface area (Å²) in [5.41, 5.74) is 1.70. The van der Waals surface area contributed by atoms with Gasteiger partial charge in [0.15, 0.2) is 10.9 Å². The predicted octanol–water partition coefficient (Wildman–Crippen LogP) is 3.04. The lowest BCUT2D eigenvalue weighted by molar-refractivity contribution is -0.136. The third-order valence-electron chi connectivity index (χ3n) is 4.48. The van der Waals surface area contributed by atoms with Crippen LogP contribution in [0.15, 0.2) is 35.8 Å². The van der Waals surface area contributed by atoms with Crippen LogP contribution in [0.3, 0.4) is 0 Å². The summed E-state index contributed by atoms with van der Waals surface area (Å²) in [4.78, 5) is 42.8. The van der Waals surface area contributed by atoms with Crippen molar-refractivity contribution in [2.45, 2.75) is 38.6 Å². The van der Waals surface area contributed by atoms with Gasteiger partial charge >= 0.3 is 0 Å². The van der Waals surface area contributed by atoms with Crippen molar-refractivity contribution in [2.75, 3.05) is 11.9 Å². The van der Waals surface area contributed by atoms with Gasteiger partial charge in [0.2, 0.25) is 11.8 Å². The highest BCUT2D eigenvalue weighted by molar-refractivity contribution is 7.13. The van der Waals surface area contributed by atoms with E-state index in [9.17, 15) is 14.4 Å². The molecule has 6 nitrogen and oxygen atoms in total. The summed E-state index contributed by atoms with van der Waals surface area (Å²) in [6.45, 7) is 2.51. The molecule has 1 saturated heterocycles. The van der Waals surface area contributed by atoms with Crippen LogP contribution in [-0.2, 0) is 9.59 Å². The number of ketones is 1. The van der Waals surface area contributed by atoms with Gasteiger partial charge in [-0.25, -0.2) is 4.98 Å². The Morgan fingerprint density at radius 2 is 2.00 bits per heavy atom. The molecule has 1 aliphatic heterocycles. The first-order chi connectivity index (χ1) is 12.5. The Morgan fingerprint density at radius 3 is 2.69 bits per heavy atom. The highest BCUT2D eigenvalue weighted by atomic mass is 32.1. The van der Waals surface area contributed by atoms with Gasteiger partial charge in [-0.15, -0.1) is 11.3 Å². The molecule has 2 aromatic rings. The van der Waals surface area contributed by atoms with Crippen molar-refractivity contribution >= 4 is 34.1 Å². The Kier molecular flexibility index (Phi) is 5.78. The van der Waals surface area contributed by atoms with E-state index < -0.39 is 6.04 Å². The van der Waals surface area contributed by atoms with Gasteiger partial charge in [-0.3, -0.25) is 14.4 Å². The normalized spacial score (nSPS) is 16.5. The Bertz CT molecular complexity index is 787. The van der Waals surface area contributed by atoms with E-state index in [0.29, 0.717) is 23.7 Å².